The van der Waals surface area contributed by atoms with Crippen molar-refractivity contribution >= 4 is 17.9 Å². The summed E-state index contributed by atoms with van der Waals surface area (Å²) in [6.07, 6.45) is 0. The second kappa shape index (κ2) is 7.81. The predicted octanol–water partition coefficient (Wildman–Crippen LogP) is -0.906. The number of methoxy groups -OCH3 is 1. The topological polar surface area (TPSA) is 97.0 Å². The van der Waals surface area contributed by atoms with Gasteiger partial charge in [-0.2, -0.15) is 0 Å². The van der Waals surface area contributed by atoms with Gasteiger partial charge in [0.25, 0.3) is 0 Å². The number of rotatable bonds is 4. The number of ether oxygens (including phenoxy) is 2. The van der Waals surface area contributed by atoms with E-state index in [0.29, 0.717) is 19.7 Å². The van der Waals surface area contributed by atoms with E-state index in [-0.39, 0.29) is 6.61 Å². The third kappa shape index (κ3) is 4.17. The van der Waals surface area contributed by atoms with Crippen molar-refractivity contribution in [2.45, 2.75) is 25.9 Å². The molecule has 2 atom stereocenters. The lowest BCUT2D eigenvalue weighted by Crippen LogP contribution is -2.58. The summed E-state index contributed by atoms with van der Waals surface area (Å²) in [4.78, 5) is 36.7. The molecule has 0 spiro atoms. The monoisotopic (exact) mass is 287 g/mol. The van der Waals surface area contributed by atoms with Crippen molar-refractivity contribution in [3.8, 4) is 0 Å². The maximum atomic E-state index is 12.0. The van der Waals surface area contributed by atoms with Crippen molar-refractivity contribution in [1.82, 2.24) is 15.5 Å². The first-order chi connectivity index (χ1) is 9.51. The maximum Gasteiger partial charge on any atom is 0.325 e. The highest BCUT2D eigenvalue weighted by Gasteiger charge is 2.36. The molecule has 3 amide bonds. The standard InChI is InChI=1S/C12H21N3O5/c1-4-13-12(18)14-10(16)8(2)15-5-6-20-7-9(15)11(17)19-3/h8-9H,4-7H2,1-3H3,(H2,13,14,16,18). The fraction of sp³-hybridized carbons (Fsp3) is 0.750. The molecule has 1 aliphatic rings. The van der Waals surface area contributed by atoms with Crippen molar-refractivity contribution in [3.05, 3.63) is 0 Å². The Morgan fingerprint density at radius 3 is 2.75 bits per heavy atom. The number of carbonyl (C=O) groups excluding carboxylic acids is 3. The molecule has 1 saturated heterocycles. The average Bonchev–Trinajstić information content (AvgIpc) is 2.45. The van der Waals surface area contributed by atoms with Crippen LogP contribution < -0.4 is 10.6 Å². The molecule has 0 saturated carbocycles. The molecule has 2 N–H and O–H groups in total. The first kappa shape index (κ1) is 16.4. The molecule has 1 fully saturated rings. The lowest BCUT2D eigenvalue weighted by molar-refractivity contribution is -0.156. The number of nitrogens with zero attached hydrogens (tertiary/aromatic N) is 1. The third-order valence-corrected chi connectivity index (χ3v) is 3.09. The van der Waals surface area contributed by atoms with Gasteiger partial charge in [-0.25, -0.2) is 4.79 Å². The molecule has 0 bridgehead atoms. The number of nitrogens with one attached hydrogen (secondary N) is 2. The number of hydrogen-bond donors (Lipinski definition) is 2. The van der Waals surface area contributed by atoms with Gasteiger partial charge in [0.2, 0.25) is 5.91 Å². The summed E-state index contributed by atoms with van der Waals surface area (Å²) in [5.41, 5.74) is 0. The highest BCUT2D eigenvalue weighted by Crippen LogP contribution is 2.12. The molecule has 1 heterocycles. The number of urea groups is 1. The molecular formula is C12H21N3O5. The van der Waals surface area contributed by atoms with Gasteiger partial charge < -0.3 is 14.8 Å². The molecule has 1 rings (SSSR count). The molecule has 8 heteroatoms. The Bertz CT molecular complexity index is 374. The van der Waals surface area contributed by atoms with Crippen molar-refractivity contribution < 1.29 is 23.9 Å². The summed E-state index contributed by atoms with van der Waals surface area (Å²) in [6, 6.07) is -1.82. The van der Waals surface area contributed by atoms with Crippen LogP contribution in [0.1, 0.15) is 13.8 Å². The number of morpholine rings is 1. The van der Waals surface area contributed by atoms with Crippen LogP contribution in [0.3, 0.4) is 0 Å². The minimum absolute atomic E-state index is 0.172. The van der Waals surface area contributed by atoms with E-state index in [9.17, 15) is 14.4 Å². The van der Waals surface area contributed by atoms with Gasteiger partial charge in [0, 0.05) is 13.1 Å². The van der Waals surface area contributed by atoms with Crippen LogP contribution in [-0.2, 0) is 19.1 Å². The van der Waals surface area contributed by atoms with Crippen LogP contribution in [0.25, 0.3) is 0 Å². The summed E-state index contributed by atoms with van der Waals surface area (Å²) < 4.78 is 9.93. The Morgan fingerprint density at radius 1 is 1.45 bits per heavy atom. The van der Waals surface area contributed by atoms with E-state index in [1.807, 2.05) is 0 Å². The Hall–Kier alpha value is -1.67. The van der Waals surface area contributed by atoms with E-state index in [2.05, 4.69) is 10.6 Å². The Morgan fingerprint density at radius 2 is 2.15 bits per heavy atom. The minimum atomic E-state index is -0.635. The zero-order valence-electron chi connectivity index (χ0n) is 12.0. The van der Waals surface area contributed by atoms with Crippen LogP contribution in [0.5, 0.6) is 0 Å². The largest absolute Gasteiger partial charge is 0.468 e. The quantitative estimate of drug-likeness (QED) is 0.650. The zero-order valence-corrected chi connectivity index (χ0v) is 12.0. The summed E-state index contributed by atoms with van der Waals surface area (Å²) in [7, 11) is 1.29. The molecule has 20 heavy (non-hydrogen) atoms. The molecule has 0 aliphatic carbocycles. The highest BCUT2D eigenvalue weighted by molar-refractivity contribution is 5.97. The molecule has 2 unspecified atom stereocenters. The summed E-state index contributed by atoms with van der Waals surface area (Å²) in [6.45, 7) is 4.83. The van der Waals surface area contributed by atoms with E-state index >= 15 is 0 Å². The van der Waals surface area contributed by atoms with Gasteiger partial charge in [0.1, 0.15) is 6.04 Å². The lowest BCUT2D eigenvalue weighted by Gasteiger charge is -2.36. The molecule has 114 valence electrons. The van der Waals surface area contributed by atoms with Crippen molar-refractivity contribution in [2.24, 2.45) is 0 Å². The van der Waals surface area contributed by atoms with Gasteiger partial charge >= 0.3 is 12.0 Å². The van der Waals surface area contributed by atoms with Crippen LogP contribution in [0.15, 0.2) is 0 Å². The summed E-state index contributed by atoms with van der Waals surface area (Å²) in [5.74, 6) is -0.922. The van der Waals surface area contributed by atoms with E-state index in [1.165, 1.54) is 7.11 Å². The van der Waals surface area contributed by atoms with Gasteiger partial charge in [-0.1, -0.05) is 0 Å². The van der Waals surface area contributed by atoms with Crippen molar-refractivity contribution in [1.29, 1.82) is 0 Å². The Balaban J connectivity index is 2.67. The molecule has 0 aromatic heterocycles. The van der Waals surface area contributed by atoms with E-state index in [4.69, 9.17) is 9.47 Å². The average molecular weight is 287 g/mol. The molecule has 1 aliphatic heterocycles. The second-order valence-corrected chi connectivity index (χ2v) is 4.38. The Kier molecular flexibility index (Phi) is 6.40. The number of hydrogen-bond acceptors (Lipinski definition) is 6. The molecular weight excluding hydrogens is 266 g/mol. The lowest BCUT2D eigenvalue weighted by atomic mass is 10.1. The number of carbonyl (C=O) groups is 3. The second-order valence-electron chi connectivity index (χ2n) is 4.38. The van der Waals surface area contributed by atoms with Crippen LogP contribution >= 0.6 is 0 Å². The van der Waals surface area contributed by atoms with E-state index < -0.39 is 30.0 Å². The smallest absolute Gasteiger partial charge is 0.325 e. The molecule has 0 aromatic rings. The summed E-state index contributed by atoms with van der Waals surface area (Å²) >= 11 is 0. The minimum Gasteiger partial charge on any atom is -0.468 e. The van der Waals surface area contributed by atoms with Crippen LogP contribution in [0, 0.1) is 0 Å². The molecule has 0 radical (unpaired) electrons. The van der Waals surface area contributed by atoms with Gasteiger partial charge in [-0.15, -0.1) is 0 Å². The third-order valence-electron chi connectivity index (χ3n) is 3.09. The van der Waals surface area contributed by atoms with Crippen LogP contribution in [0.2, 0.25) is 0 Å². The fourth-order valence-electron chi connectivity index (χ4n) is 1.99. The summed E-state index contributed by atoms with van der Waals surface area (Å²) in [5, 5.41) is 4.71. The van der Waals surface area contributed by atoms with E-state index in [1.54, 1.807) is 18.7 Å². The Labute approximate surface area is 117 Å². The molecule has 8 nitrogen and oxygen atoms in total. The zero-order chi connectivity index (χ0) is 15.1. The van der Waals surface area contributed by atoms with Crippen molar-refractivity contribution in [2.75, 3.05) is 33.4 Å². The maximum absolute atomic E-state index is 12.0. The van der Waals surface area contributed by atoms with Crippen molar-refractivity contribution in [3.63, 3.8) is 0 Å². The SMILES string of the molecule is CCNC(=O)NC(=O)C(C)N1CCOCC1C(=O)OC. The fourth-order valence-corrected chi connectivity index (χ4v) is 1.99. The first-order valence-electron chi connectivity index (χ1n) is 6.51. The normalized spacial score (nSPS) is 20.9. The van der Waals surface area contributed by atoms with Gasteiger partial charge in [0.05, 0.1) is 26.4 Å². The first-order valence-corrected chi connectivity index (χ1v) is 6.51. The number of esters is 1. The van der Waals surface area contributed by atoms with Gasteiger partial charge in [-0.3, -0.25) is 19.8 Å². The number of amides is 3. The van der Waals surface area contributed by atoms with Crippen LogP contribution in [0.4, 0.5) is 4.79 Å². The van der Waals surface area contributed by atoms with Crippen LogP contribution in [-0.4, -0.2) is 68.3 Å². The van der Waals surface area contributed by atoms with Gasteiger partial charge in [0.15, 0.2) is 0 Å². The molecule has 0 aromatic carbocycles. The predicted molar refractivity (Wildman–Crippen MR) is 70.0 cm³/mol. The van der Waals surface area contributed by atoms with E-state index in [0.717, 1.165) is 0 Å². The number of imide groups is 1. The highest BCUT2D eigenvalue weighted by atomic mass is 16.5. The van der Waals surface area contributed by atoms with Gasteiger partial charge in [-0.05, 0) is 13.8 Å².